The first-order valence-electron chi connectivity index (χ1n) is 15.9. The van der Waals surface area contributed by atoms with Crippen LogP contribution in [0.5, 0.6) is 0 Å². The van der Waals surface area contributed by atoms with E-state index in [2.05, 4.69) is 134 Å². The summed E-state index contributed by atoms with van der Waals surface area (Å²) in [6.45, 7) is 12.7. The second-order valence-electron chi connectivity index (χ2n) is 13.2. The van der Waals surface area contributed by atoms with Crippen LogP contribution in [0.15, 0.2) is 115 Å². The van der Waals surface area contributed by atoms with E-state index in [1.807, 2.05) is 12.1 Å². The first-order chi connectivity index (χ1) is 21.2. The standard InChI is InChI=1S/C38H48N2O3Si/c1-38(2,3)44(35-15-9-5-10-16-35,36-17-11-6-12-18-36)43-30-32-19-21-33(22-20-32)37(42)27-34(41)29-40-25-23-39(24-26-40)28-31-13-7-4-8-14-31/h4-22,34,37,41-42H,23-30H2,1-3H3. The molecule has 1 heterocycles. The summed E-state index contributed by atoms with van der Waals surface area (Å²) in [6.07, 6.45) is -0.970. The summed E-state index contributed by atoms with van der Waals surface area (Å²) in [4.78, 5) is 4.77. The molecule has 0 saturated carbocycles. The SMILES string of the molecule is CC(C)(C)[Si](OCc1ccc(C(O)CC(O)CN2CCN(Cc3ccccc3)CC2)cc1)(c1ccccc1)c1ccccc1. The van der Waals surface area contributed by atoms with E-state index in [-0.39, 0.29) is 5.04 Å². The van der Waals surface area contributed by atoms with Gasteiger partial charge in [0.05, 0.1) is 18.8 Å². The lowest BCUT2D eigenvalue weighted by Gasteiger charge is -2.43. The highest BCUT2D eigenvalue weighted by atomic mass is 28.4. The van der Waals surface area contributed by atoms with Crippen molar-refractivity contribution >= 4 is 18.7 Å². The van der Waals surface area contributed by atoms with Crippen LogP contribution in [0.1, 0.15) is 50.0 Å². The number of nitrogens with zero attached hydrogens (tertiary/aromatic N) is 2. The molecule has 1 saturated heterocycles. The minimum atomic E-state index is -2.63. The Morgan fingerprint density at radius 3 is 1.68 bits per heavy atom. The lowest BCUT2D eigenvalue weighted by atomic mass is 10.0. The predicted molar refractivity (Wildman–Crippen MR) is 183 cm³/mol. The molecule has 2 N–H and O–H groups in total. The fourth-order valence-electron chi connectivity index (χ4n) is 6.53. The molecule has 0 bridgehead atoms. The molecule has 0 amide bonds. The minimum absolute atomic E-state index is 0.0868. The van der Waals surface area contributed by atoms with Crippen molar-refractivity contribution in [1.82, 2.24) is 9.80 Å². The molecule has 44 heavy (non-hydrogen) atoms. The Labute approximate surface area is 264 Å². The van der Waals surface area contributed by atoms with Crippen LogP contribution in [0.2, 0.25) is 5.04 Å². The van der Waals surface area contributed by atoms with Gasteiger partial charge in [-0.05, 0) is 32.1 Å². The van der Waals surface area contributed by atoms with Gasteiger partial charge in [0.1, 0.15) is 0 Å². The quantitative estimate of drug-likeness (QED) is 0.212. The van der Waals surface area contributed by atoms with Crippen LogP contribution in [-0.4, -0.2) is 67.2 Å². The van der Waals surface area contributed by atoms with E-state index in [1.54, 1.807) is 0 Å². The van der Waals surface area contributed by atoms with Crippen LogP contribution in [0.25, 0.3) is 0 Å². The summed E-state index contributed by atoms with van der Waals surface area (Å²) < 4.78 is 7.07. The molecule has 2 atom stereocenters. The van der Waals surface area contributed by atoms with Gasteiger partial charge in [0.2, 0.25) is 0 Å². The molecule has 1 aliphatic heterocycles. The number of rotatable bonds is 12. The van der Waals surface area contributed by atoms with Gasteiger partial charge in [-0.1, -0.05) is 136 Å². The van der Waals surface area contributed by atoms with Crippen LogP contribution in [0, 0.1) is 0 Å². The fourth-order valence-corrected chi connectivity index (χ4v) is 11.1. The molecule has 1 fully saturated rings. The molecule has 5 nitrogen and oxygen atoms in total. The van der Waals surface area contributed by atoms with Crippen molar-refractivity contribution in [3.8, 4) is 0 Å². The second kappa shape index (κ2) is 14.8. The van der Waals surface area contributed by atoms with E-state index in [9.17, 15) is 10.2 Å². The normalized spacial score (nSPS) is 16.5. The molecule has 2 unspecified atom stereocenters. The average molecular weight is 609 g/mol. The largest absolute Gasteiger partial charge is 0.403 e. The Hall–Kier alpha value is -3.10. The zero-order valence-electron chi connectivity index (χ0n) is 26.5. The number of β-amino-alcohol motifs (C(OH)–C–C–N with tert-alkyl or cyclic N) is 1. The Morgan fingerprint density at radius 1 is 0.659 bits per heavy atom. The monoisotopic (exact) mass is 608 g/mol. The maximum absolute atomic E-state index is 11.0. The lowest BCUT2D eigenvalue weighted by Crippen LogP contribution is -2.66. The van der Waals surface area contributed by atoms with Crippen molar-refractivity contribution in [2.24, 2.45) is 0 Å². The van der Waals surface area contributed by atoms with Gasteiger partial charge in [-0.3, -0.25) is 9.80 Å². The number of aliphatic hydroxyl groups is 2. The highest BCUT2D eigenvalue weighted by Gasteiger charge is 2.50. The maximum atomic E-state index is 11.0. The van der Waals surface area contributed by atoms with Gasteiger partial charge in [-0.25, -0.2) is 0 Å². The lowest BCUT2D eigenvalue weighted by molar-refractivity contribution is 0.0362. The fraction of sp³-hybridized carbons (Fsp3) is 0.368. The van der Waals surface area contributed by atoms with Gasteiger partial charge in [-0.15, -0.1) is 0 Å². The molecule has 1 aliphatic rings. The van der Waals surface area contributed by atoms with E-state index in [1.165, 1.54) is 15.9 Å². The smallest absolute Gasteiger partial charge is 0.261 e. The predicted octanol–water partition coefficient (Wildman–Crippen LogP) is 5.37. The molecule has 5 rings (SSSR count). The van der Waals surface area contributed by atoms with Crippen LogP contribution in [-0.2, 0) is 17.6 Å². The summed E-state index contributed by atoms with van der Waals surface area (Å²) in [5, 5.41) is 24.2. The summed E-state index contributed by atoms with van der Waals surface area (Å²) in [5.41, 5.74) is 3.23. The first-order valence-corrected chi connectivity index (χ1v) is 17.8. The Balaban J connectivity index is 1.16. The van der Waals surface area contributed by atoms with Crippen molar-refractivity contribution in [2.45, 2.75) is 57.6 Å². The second-order valence-corrected chi connectivity index (χ2v) is 17.5. The molecule has 4 aromatic carbocycles. The summed E-state index contributed by atoms with van der Waals surface area (Å²) in [5.74, 6) is 0. The first kappa shape index (κ1) is 32.3. The van der Waals surface area contributed by atoms with E-state index < -0.39 is 20.5 Å². The summed E-state index contributed by atoms with van der Waals surface area (Å²) >= 11 is 0. The van der Waals surface area contributed by atoms with Crippen molar-refractivity contribution in [3.05, 3.63) is 132 Å². The molecule has 6 heteroatoms. The van der Waals surface area contributed by atoms with Crippen molar-refractivity contribution in [2.75, 3.05) is 32.7 Å². The summed E-state index contributed by atoms with van der Waals surface area (Å²) in [6, 6.07) is 40.0. The van der Waals surface area contributed by atoms with Gasteiger partial charge in [0, 0.05) is 45.7 Å². The molecule has 232 valence electrons. The third-order valence-corrected chi connectivity index (χ3v) is 13.9. The zero-order chi connectivity index (χ0) is 31.0. The third-order valence-electron chi connectivity index (χ3n) is 8.91. The Morgan fingerprint density at radius 2 is 1.16 bits per heavy atom. The molecular formula is C38H48N2O3Si. The van der Waals surface area contributed by atoms with Gasteiger partial charge >= 0.3 is 0 Å². The number of hydrogen-bond donors (Lipinski definition) is 2. The van der Waals surface area contributed by atoms with E-state index in [0.717, 1.165) is 43.9 Å². The topological polar surface area (TPSA) is 56.2 Å². The molecular weight excluding hydrogens is 561 g/mol. The van der Waals surface area contributed by atoms with Crippen molar-refractivity contribution in [1.29, 1.82) is 0 Å². The van der Waals surface area contributed by atoms with Gasteiger partial charge < -0.3 is 14.6 Å². The van der Waals surface area contributed by atoms with Gasteiger partial charge in [0.15, 0.2) is 0 Å². The molecule has 4 aromatic rings. The minimum Gasteiger partial charge on any atom is -0.403 e. The highest BCUT2D eigenvalue weighted by molar-refractivity contribution is 6.99. The Bertz CT molecular complexity index is 1360. The van der Waals surface area contributed by atoms with Gasteiger partial charge in [0.25, 0.3) is 8.32 Å². The zero-order valence-corrected chi connectivity index (χ0v) is 27.5. The van der Waals surface area contributed by atoms with Crippen LogP contribution in [0.4, 0.5) is 0 Å². The average Bonchev–Trinajstić information content (AvgIpc) is 3.03. The maximum Gasteiger partial charge on any atom is 0.261 e. The molecule has 0 radical (unpaired) electrons. The van der Waals surface area contributed by atoms with Crippen molar-refractivity contribution in [3.63, 3.8) is 0 Å². The molecule has 0 aromatic heterocycles. The summed E-state index contributed by atoms with van der Waals surface area (Å²) in [7, 11) is -2.63. The molecule has 0 spiro atoms. The van der Waals surface area contributed by atoms with E-state index in [0.29, 0.717) is 19.6 Å². The number of aliphatic hydroxyl groups excluding tert-OH is 2. The number of benzene rings is 4. The Kier molecular flexibility index (Phi) is 10.9. The van der Waals surface area contributed by atoms with Crippen molar-refractivity contribution < 1.29 is 14.6 Å². The number of piperazine rings is 1. The van der Waals surface area contributed by atoms with Crippen LogP contribution >= 0.6 is 0 Å². The number of hydrogen-bond acceptors (Lipinski definition) is 5. The molecule has 0 aliphatic carbocycles. The highest BCUT2D eigenvalue weighted by Crippen LogP contribution is 2.37. The van der Waals surface area contributed by atoms with Crippen LogP contribution < -0.4 is 10.4 Å². The van der Waals surface area contributed by atoms with Crippen LogP contribution in [0.3, 0.4) is 0 Å². The third kappa shape index (κ3) is 7.94. The van der Waals surface area contributed by atoms with E-state index >= 15 is 0 Å². The van der Waals surface area contributed by atoms with Gasteiger partial charge in [-0.2, -0.15) is 0 Å². The van der Waals surface area contributed by atoms with E-state index in [4.69, 9.17) is 4.43 Å².